The second-order valence-electron chi connectivity index (χ2n) is 8.91. The monoisotopic (exact) mass is 501 g/mol. The van der Waals surface area contributed by atoms with E-state index in [9.17, 15) is 4.39 Å². The van der Waals surface area contributed by atoms with Crippen molar-refractivity contribution in [1.29, 1.82) is 5.41 Å². The lowest BCUT2D eigenvalue weighted by Gasteiger charge is -2.11. The summed E-state index contributed by atoms with van der Waals surface area (Å²) >= 11 is 6.04. The van der Waals surface area contributed by atoms with Gasteiger partial charge in [-0.15, -0.1) is 0 Å². The normalized spacial score (nSPS) is 11.4. The van der Waals surface area contributed by atoms with Gasteiger partial charge in [-0.1, -0.05) is 54.6 Å². The Hall–Kier alpha value is -4.04. The van der Waals surface area contributed by atoms with Crippen LogP contribution in [0.15, 0.2) is 55.2 Å². The number of aromatic nitrogens is 6. The Balaban J connectivity index is 1.61. The third kappa shape index (κ3) is 3.93. The summed E-state index contributed by atoms with van der Waals surface area (Å²) in [5.41, 5.74) is 5.89. The molecule has 0 saturated heterocycles. The average Bonchev–Trinajstić information content (AvgIpc) is 3.29. The Morgan fingerprint density at radius 2 is 1.81 bits per heavy atom. The van der Waals surface area contributed by atoms with E-state index in [-0.39, 0.29) is 5.82 Å². The van der Waals surface area contributed by atoms with Crippen LogP contribution in [0.1, 0.15) is 23.7 Å². The number of nitrogens with zero attached hydrogens (tertiary/aromatic N) is 6. The molecular formula is C27H25ClFN7. The molecule has 7 nitrogen and oxygen atoms in total. The molecule has 0 spiro atoms. The number of halogens is 2. The van der Waals surface area contributed by atoms with Crippen molar-refractivity contribution in [3.05, 3.63) is 88.6 Å². The van der Waals surface area contributed by atoms with Crippen LogP contribution in [0.4, 0.5) is 4.39 Å². The van der Waals surface area contributed by atoms with Gasteiger partial charge in [-0.25, -0.2) is 19.3 Å². The zero-order chi connectivity index (χ0) is 25.7. The molecule has 9 heteroatoms. The zero-order valence-corrected chi connectivity index (χ0v) is 21.2. The second-order valence-corrected chi connectivity index (χ2v) is 9.30. The summed E-state index contributed by atoms with van der Waals surface area (Å²) in [6.07, 6.45) is 1.76. The minimum atomic E-state index is -0.363. The van der Waals surface area contributed by atoms with Crippen molar-refractivity contribution in [2.24, 2.45) is 14.1 Å². The summed E-state index contributed by atoms with van der Waals surface area (Å²) in [7, 11) is 3.73. The number of aryl methyl sites for hydroxylation is 3. The first-order chi connectivity index (χ1) is 17.2. The molecule has 0 aliphatic rings. The molecule has 0 fully saturated rings. The van der Waals surface area contributed by atoms with Crippen molar-refractivity contribution in [3.63, 3.8) is 0 Å². The highest BCUT2D eigenvalue weighted by Gasteiger charge is 2.19. The first-order valence-corrected chi connectivity index (χ1v) is 11.7. The lowest BCUT2D eigenvalue weighted by Crippen LogP contribution is -2.23. The number of fused-ring (bicyclic) bond motifs is 1. The fraction of sp³-hybridized carbons (Fsp3) is 0.185. The number of benzene rings is 2. The predicted octanol–water partition coefficient (Wildman–Crippen LogP) is 5.50. The SMILES string of the molecule is C=C(C)c1c(F)cccc1-c1nc(C)c2c(n1)n(Cc1ccc(-c3nc(Cl)cn3C)cc1)c(=N)n2C. The molecule has 3 aromatic heterocycles. The van der Waals surface area contributed by atoms with E-state index < -0.39 is 0 Å². The van der Waals surface area contributed by atoms with Gasteiger partial charge in [0, 0.05) is 37.0 Å². The molecule has 0 saturated carbocycles. The van der Waals surface area contributed by atoms with Crippen LogP contribution in [-0.2, 0) is 20.6 Å². The van der Waals surface area contributed by atoms with Gasteiger partial charge in [0.1, 0.15) is 22.3 Å². The Morgan fingerprint density at radius 3 is 2.44 bits per heavy atom. The predicted molar refractivity (Wildman–Crippen MR) is 140 cm³/mol. The fourth-order valence-electron chi connectivity index (χ4n) is 4.57. The average molecular weight is 502 g/mol. The lowest BCUT2D eigenvalue weighted by atomic mass is 10.0. The van der Waals surface area contributed by atoms with Crippen molar-refractivity contribution in [1.82, 2.24) is 28.7 Å². The van der Waals surface area contributed by atoms with E-state index in [1.54, 1.807) is 29.8 Å². The number of hydrogen-bond acceptors (Lipinski definition) is 4. The van der Waals surface area contributed by atoms with E-state index in [4.69, 9.17) is 22.0 Å². The molecule has 36 heavy (non-hydrogen) atoms. The molecule has 0 aliphatic heterocycles. The Bertz CT molecular complexity index is 1710. The van der Waals surface area contributed by atoms with Gasteiger partial charge in [-0.3, -0.25) is 9.98 Å². The number of rotatable bonds is 5. The number of nitrogens with one attached hydrogen (secondary N) is 1. The van der Waals surface area contributed by atoms with Crippen LogP contribution in [-0.4, -0.2) is 28.7 Å². The second kappa shape index (κ2) is 8.87. The maximum atomic E-state index is 14.6. The minimum absolute atomic E-state index is 0.291. The quantitative estimate of drug-likeness (QED) is 0.345. The fourth-order valence-corrected chi connectivity index (χ4v) is 4.80. The van der Waals surface area contributed by atoms with E-state index in [0.29, 0.717) is 51.2 Å². The maximum absolute atomic E-state index is 14.6. The summed E-state index contributed by atoms with van der Waals surface area (Å²) in [5, 5.41) is 9.20. The van der Waals surface area contributed by atoms with Crippen molar-refractivity contribution in [3.8, 4) is 22.8 Å². The lowest BCUT2D eigenvalue weighted by molar-refractivity contribution is 0.624. The Kier molecular flexibility index (Phi) is 5.84. The van der Waals surface area contributed by atoms with Gasteiger partial charge in [-0.05, 0) is 31.1 Å². The number of hydrogen-bond donors (Lipinski definition) is 1. The molecule has 0 unspecified atom stereocenters. The molecule has 0 radical (unpaired) electrons. The molecule has 5 rings (SSSR count). The minimum Gasteiger partial charge on any atom is -0.332 e. The van der Waals surface area contributed by atoms with E-state index in [1.165, 1.54) is 6.07 Å². The van der Waals surface area contributed by atoms with Crippen LogP contribution in [0.2, 0.25) is 5.15 Å². The largest absolute Gasteiger partial charge is 0.332 e. The van der Waals surface area contributed by atoms with E-state index in [0.717, 1.165) is 22.5 Å². The third-order valence-electron chi connectivity index (χ3n) is 6.29. The Morgan fingerprint density at radius 1 is 1.08 bits per heavy atom. The molecule has 182 valence electrons. The van der Waals surface area contributed by atoms with Crippen LogP contribution in [0, 0.1) is 18.2 Å². The highest BCUT2D eigenvalue weighted by molar-refractivity contribution is 6.29. The van der Waals surface area contributed by atoms with Gasteiger partial charge in [-0.2, -0.15) is 0 Å². The highest BCUT2D eigenvalue weighted by atomic mass is 35.5. The van der Waals surface area contributed by atoms with E-state index in [1.807, 2.05) is 54.4 Å². The van der Waals surface area contributed by atoms with Crippen LogP contribution in [0.5, 0.6) is 0 Å². The number of imidazole rings is 2. The smallest absolute Gasteiger partial charge is 0.204 e. The van der Waals surface area contributed by atoms with E-state index in [2.05, 4.69) is 16.5 Å². The van der Waals surface area contributed by atoms with Crippen LogP contribution in [0.25, 0.3) is 39.5 Å². The highest BCUT2D eigenvalue weighted by Crippen LogP contribution is 2.30. The first-order valence-electron chi connectivity index (χ1n) is 11.4. The van der Waals surface area contributed by atoms with Gasteiger partial charge in [0.15, 0.2) is 11.5 Å². The van der Waals surface area contributed by atoms with Crippen LogP contribution in [0.3, 0.4) is 0 Å². The summed E-state index contributed by atoms with van der Waals surface area (Å²) in [6.45, 7) is 8.01. The molecule has 0 atom stereocenters. The Labute approximate surface area is 212 Å². The molecule has 0 amide bonds. The standard InChI is InChI=1S/C27H25ClFN7/c1-15(2)22-19(7-6-8-20(22)29)24-31-16(3)23-26(33-24)36(27(30)35(23)5)13-17-9-11-18(12-10-17)25-32-21(28)14-34(25)4/h6-12,14,30H,1,13H2,2-5H3. The van der Waals surface area contributed by atoms with Gasteiger partial charge in [0.2, 0.25) is 5.62 Å². The van der Waals surface area contributed by atoms with Gasteiger partial charge in [0.25, 0.3) is 0 Å². The van der Waals surface area contributed by atoms with Crippen molar-refractivity contribution in [2.45, 2.75) is 20.4 Å². The van der Waals surface area contributed by atoms with Crippen molar-refractivity contribution in [2.75, 3.05) is 0 Å². The van der Waals surface area contributed by atoms with Gasteiger partial charge < -0.3 is 9.13 Å². The molecular weight excluding hydrogens is 477 g/mol. The number of allylic oxidation sites excluding steroid dienone is 1. The van der Waals surface area contributed by atoms with Gasteiger partial charge >= 0.3 is 0 Å². The third-order valence-corrected chi connectivity index (χ3v) is 6.47. The molecule has 3 heterocycles. The van der Waals surface area contributed by atoms with Crippen LogP contribution >= 0.6 is 11.6 Å². The van der Waals surface area contributed by atoms with Gasteiger partial charge in [0.05, 0.1) is 12.2 Å². The molecule has 5 aromatic rings. The molecule has 2 aromatic carbocycles. The summed E-state index contributed by atoms with van der Waals surface area (Å²) < 4.78 is 20.1. The molecule has 0 bridgehead atoms. The summed E-state index contributed by atoms with van der Waals surface area (Å²) in [5.74, 6) is 0.818. The molecule has 0 aliphatic carbocycles. The topological polar surface area (TPSA) is 77.3 Å². The zero-order valence-electron chi connectivity index (χ0n) is 20.5. The maximum Gasteiger partial charge on any atom is 0.204 e. The van der Waals surface area contributed by atoms with Crippen LogP contribution < -0.4 is 5.62 Å². The molecule has 1 N–H and O–H groups in total. The summed E-state index contributed by atoms with van der Waals surface area (Å²) in [6, 6.07) is 12.8. The van der Waals surface area contributed by atoms with E-state index >= 15 is 0 Å². The van der Waals surface area contributed by atoms with Crippen molar-refractivity contribution < 1.29 is 4.39 Å². The van der Waals surface area contributed by atoms with Crippen molar-refractivity contribution >= 4 is 28.3 Å². The first kappa shape index (κ1) is 23.7. The summed E-state index contributed by atoms with van der Waals surface area (Å²) in [4.78, 5) is 13.9.